The molecule has 4 heterocycles. The molecule has 1 fully saturated rings. The van der Waals surface area contributed by atoms with Crippen LogP contribution in [0.3, 0.4) is 0 Å². The van der Waals surface area contributed by atoms with E-state index in [0.717, 1.165) is 34.3 Å². The van der Waals surface area contributed by atoms with Gasteiger partial charge in [0.05, 0.1) is 11.4 Å². The number of aliphatic hydroxyl groups is 1. The van der Waals surface area contributed by atoms with Crippen LogP contribution in [0.15, 0.2) is 41.3 Å². The van der Waals surface area contributed by atoms with Crippen LogP contribution in [-0.2, 0) is 19.2 Å². The van der Waals surface area contributed by atoms with Gasteiger partial charge in [0, 0.05) is 80.1 Å². The second-order valence-electron chi connectivity index (χ2n) is 11.1. The number of benzene rings is 1. The number of piperazine rings is 1. The highest BCUT2D eigenvalue weighted by atomic mass is 16.3. The molecule has 1 saturated heterocycles. The standard InChI is InChI=1S/C29H36N6O3/c1-17-10-26-23(24(15-33(26)7)25-8-9-30-28(32-25)29(5,6)37)11-22(17)27(36)35-13-18(2)34(12-19(35)3)14-21-16-38-20(4)31-21/h8-11,15-16,18-19,37H,12-14H2,1-7H3. The van der Waals surface area contributed by atoms with Gasteiger partial charge in [-0.05, 0) is 58.4 Å². The van der Waals surface area contributed by atoms with E-state index >= 15 is 0 Å². The van der Waals surface area contributed by atoms with E-state index in [2.05, 4.69) is 39.8 Å². The Labute approximate surface area is 223 Å². The van der Waals surface area contributed by atoms with Crippen LogP contribution >= 0.6 is 0 Å². The summed E-state index contributed by atoms with van der Waals surface area (Å²) in [4.78, 5) is 31.6. The summed E-state index contributed by atoms with van der Waals surface area (Å²) in [6.45, 7) is 13.5. The lowest BCUT2D eigenvalue weighted by molar-refractivity contribution is 0.0286. The van der Waals surface area contributed by atoms with Crippen molar-refractivity contribution in [3.63, 3.8) is 0 Å². The van der Waals surface area contributed by atoms with Gasteiger partial charge in [0.2, 0.25) is 0 Å². The molecule has 1 aromatic carbocycles. The Morgan fingerprint density at radius 1 is 1.16 bits per heavy atom. The number of aryl methyl sites for hydroxylation is 3. The number of nitrogens with zero attached hydrogens (tertiary/aromatic N) is 6. The van der Waals surface area contributed by atoms with Crippen molar-refractivity contribution in [2.45, 2.75) is 65.8 Å². The first-order valence-electron chi connectivity index (χ1n) is 13.0. The number of carbonyl (C=O) groups excluding carboxylic acids is 1. The fourth-order valence-corrected chi connectivity index (χ4v) is 5.32. The lowest BCUT2D eigenvalue weighted by atomic mass is 9.99. The molecule has 4 aromatic rings. The molecule has 0 aliphatic carbocycles. The number of rotatable bonds is 5. The van der Waals surface area contributed by atoms with Gasteiger partial charge >= 0.3 is 0 Å². The molecule has 1 N–H and O–H groups in total. The minimum atomic E-state index is -1.15. The van der Waals surface area contributed by atoms with Crippen LogP contribution in [0.2, 0.25) is 0 Å². The molecule has 3 aromatic heterocycles. The van der Waals surface area contributed by atoms with Crippen molar-refractivity contribution in [2.75, 3.05) is 13.1 Å². The summed E-state index contributed by atoms with van der Waals surface area (Å²) >= 11 is 0. The number of oxazole rings is 1. The zero-order chi connectivity index (χ0) is 27.4. The van der Waals surface area contributed by atoms with Crippen molar-refractivity contribution in [1.82, 2.24) is 29.3 Å². The van der Waals surface area contributed by atoms with Crippen molar-refractivity contribution >= 4 is 16.8 Å². The first kappa shape index (κ1) is 26.1. The molecule has 38 heavy (non-hydrogen) atoms. The number of hydrogen-bond donors (Lipinski definition) is 1. The van der Waals surface area contributed by atoms with Crippen molar-refractivity contribution in [3.05, 3.63) is 65.4 Å². The molecule has 0 bridgehead atoms. The molecule has 0 saturated carbocycles. The monoisotopic (exact) mass is 516 g/mol. The molecule has 9 nitrogen and oxygen atoms in total. The Morgan fingerprint density at radius 3 is 2.61 bits per heavy atom. The Bertz CT molecular complexity index is 1500. The largest absolute Gasteiger partial charge is 0.449 e. The van der Waals surface area contributed by atoms with Gasteiger partial charge in [0.25, 0.3) is 5.91 Å². The van der Waals surface area contributed by atoms with Gasteiger partial charge in [-0.1, -0.05) is 0 Å². The molecule has 5 rings (SSSR count). The minimum Gasteiger partial charge on any atom is -0.449 e. The molecule has 1 aliphatic rings. The lowest BCUT2D eigenvalue weighted by Crippen LogP contribution is -2.57. The maximum atomic E-state index is 13.9. The highest BCUT2D eigenvalue weighted by Gasteiger charge is 2.33. The van der Waals surface area contributed by atoms with Gasteiger partial charge in [0.1, 0.15) is 11.9 Å². The van der Waals surface area contributed by atoms with Gasteiger partial charge in [-0.3, -0.25) is 9.69 Å². The van der Waals surface area contributed by atoms with E-state index < -0.39 is 5.60 Å². The predicted molar refractivity (Wildman–Crippen MR) is 146 cm³/mol. The molecule has 1 amide bonds. The number of fused-ring (bicyclic) bond motifs is 1. The highest BCUT2D eigenvalue weighted by Crippen LogP contribution is 2.33. The van der Waals surface area contributed by atoms with E-state index in [0.29, 0.717) is 36.1 Å². The Balaban J connectivity index is 1.46. The third kappa shape index (κ3) is 4.83. The van der Waals surface area contributed by atoms with Crippen LogP contribution in [0.25, 0.3) is 22.2 Å². The number of carbonyl (C=O) groups is 1. The molecule has 0 radical (unpaired) electrons. The van der Waals surface area contributed by atoms with Crippen LogP contribution < -0.4 is 0 Å². The van der Waals surface area contributed by atoms with Crippen molar-refractivity contribution in [1.29, 1.82) is 0 Å². The molecule has 2 atom stereocenters. The van der Waals surface area contributed by atoms with Crippen LogP contribution in [-0.4, -0.2) is 65.5 Å². The normalized spacial score (nSPS) is 18.9. The van der Waals surface area contributed by atoms with Gasteiger partial charge in [-0.2, -0.15) is 0 Å². The van der Waals surface area contributed by atoms with Crippen LogP contribution in [0.4, 0.5) is 0 Å². The zero-order valence-corrected chi connectivity index (χ0v) is 23.2. The predicted octanol–water partition coefficient (Wildman–Crippen LogP) is 4.20. The fourth-order valence-electron chi connectivity index (χ4n) is 5.32. The van der Waals surface area contributed by atoms with Crippen LogP contribution in [0.1, 0.15) is 61.0 Å². The van der Waals surface area contributed by atoms with E-state index in [9.17, 15) is 9.90 Å². The van der Waals surface area contributed by atoms with Crippen molar-refractivity contribution < 1.29 is 14.3 Å². The summed E-state index contributed by atoms with van der Waals surface area (Å²) < 4.78 is 7.42. The third-order valence-electron chi connectivity index (χ3n) is 7.45. The van der Waals surface area contributed by atoms with E-state index in [1.54, 1.807) is 26.3 Å². The third-order valence-corrected chi connectivity index (χ3v) is 7.45. The minimum absolute atomic E-state index is 0.0374. The molecule has 2 unspecified atom stereocenters. The fraction of sp³-hybridized carbons (Fsp3) is 0.448. The molecule has 0 spiro atoms. The second kappa shape index (κ2) is 9.63. The van der Waals surface area contributed by atoms with Gasteiger partial charge in [-0.25, -0.2) is 15.0 Å². The summed E-state index contributed by atoms with van der Waals surface area (Å²) in [5.41, 5.74) is 4.03. The summed E-state index contributed by atoms with van der Waals surface area (Å²) in [7, 11) is 1.99. The van der Waals surface area contributed by atoms with Crippen molar-refractivity contribution in [2.24, 2.45) is 7.05 Å². The molecular formula is C29H36N6O3. The topological polar surface area (TPSA) is 101 Å². The molecule has 9 heteroatoms. The first-order chi connectivity index (χ1) is 17.9. The van der Waals surface area contributed by atoms with Crippen molar-refractivity contribution in [3.8, 4) is 11.3 Å². The Morgan fingerprint density at radius 2 is 1.92 bits per heavy atom. The summed E-state index contributed by atoms with van der Waals surface area (Å²) in [6, 6.07) is 6.14. The van der Waals surface area contributed by atoms with Gasteiger partial charge < -0.3 is 19.0 Å². The quantitative estimate of drug-likeness (QED) is 0.424. The van der Waals surface area contributed by atoms with Crippen LogP contribution in [0, 0.1) is 13.8 Å². The maximum Gasteiger partial charge on any atom is 0.254 e. The first-order valence-corrected chi connectivity index (χ1v) is 13.0. The second-order valence-corrected chi connectivity index (χ2v) is 11.1. The molecule has 200 valence electrons. The SMILES string of the molecule is Cc1nc(CN2CC(C)N(C(=O)c3cc4c(-c5ccnc(C(C)(C)O)n5)cn(C)c4cc3C)CC2C)co1. The smallest absolute Gasteiger partial charge is 0.254 e. The Kier molecular flexibility index (Phi) is 6.61. The summed E-state index contributed by atoms with van der Waals surface area (Å²) in [6.07, 6.45) is 5.39. The average molecular weight is 517 g/mol. The highest BCUT2D eigenvalue weighted by molar-refractivity contribution is 6.04. The van der Waals surface area contributed by atoms with Gasteiger partial charge in [0.15, 0.2) is 11.7 Å². The Hall–Kier alpha value is -3.56. The van der Waals surface area contributed by atoms with E-state index in [1.807, 2.05) is 48.7 Å². The number of hydrogen-bond acceptors (Lipinski definition) is 7. The van der Waals surface area contributed by atoms with E-state index in [4.69, 9.17) is 4.42 Å². The number of aromatic nitrogens is 4. The van der Waals surface area contributed by atoms with Gasteiger partial charge in [-0.15, -0.1) is 0 Å². The van der Waals surface area contributed by atoms with Crippen LogP contribution in [0.5, 0.6) is 0 Å². The average Bonchev–Trinajstić information content (AvgIpc) is 3.42. The summed E-state index contributed by atoms with van der Waals surface area (Å²) in [5.74, 6) is 1.06. The number of amides is 1. The molecular weight excluding hydrogens is 480 g/mol. The van der Waals surface area contributed by atoms with E-state index in [1.165, 1.54) is 0 Å². The lowest BCUT2D eigenvalue weighted by Gasteiger charge is -2.44. The van der Waals surface area contributed by atoms with E-state index in [-0.39, 0.29) is 18.0 Å². The summed E-state index contributed by atoms with van der Waals surface area (Å²) in [5, 5.41) is 11.4. The maximum absolute atomic E-state index is 13.9. The zero-order valence-electron chi connectivity index (χ0n) is 23.2. The molecule has 1 aliphatic heterocycles.